The van der Waals surface area contributed by atoms with E-state index in [0.29, 0.717) is 17.1 Å². The van der Waals surface area contributed by atoms with Crippen molar-refractivity contribution in [1.82, 2.24) is 4.98 Å². The maximum absolute atomic E-state index is 12.3. The van der Waals surface area contributed by atoms with Gasteiger partial charge in [-0.1, -0.05) is 0 Å². The van der Waals surface area contributed by atoms with E-state index in [1.165, 1.54) is 36.5 Å². The molecule has 2 aromatic rings. The summed E-state index contributed by atoms with van der Waals surface area (Å²) in [6.45, 7) is 0.0639. The van der Waals surface area contributed by atoms with Crippen molar-refractivity contribution < 1.29 is 22.7 Å². The van der Waals surface area contributed by atoms with Gasteiger partial charge in [-0.05, 0) is 24.3 Å². The fraction of sp³-hybridized carbons (Fsp3) is 0.143. The first-order valence-electron chi connectivity index (χ1n) is 6.52. The van der Waals surface area contributed by atoms with Gasteiger partial charge in [0, 0.05) is 17.8 Å². The predicted octanol–water partition coefficient (Wildman–Crippen LogP) is 1.72. The third kappa shape index (κ3) is 3.25. The van der Waals surface area contributed by atoms with Gasteiger partial charge in [0.15, 0.2) is 17.3 Å². The second kappa shape index (κ2) is 6.09. The molecule has 0 atom stereocenters. The smallest absolute Gasteiger partial charge is 0.263 e. The molecule has 0 fully saturated rings. The van der Waals surface area contributed by atoms with Gasteiger partial charge in [0.2, 0.25) is 6.79 Å². The Hall–Kier alpha value is -2.26. The average molecular weight is 352 g/mol. The SMILES string of the molecule is O=C(CS)c1ccc(NS(=O)(=O)c2ccc3c(c2)OCO3)nc1. The molecule has 0 saturated carbocycles. The Kier molecular flexibility index (Phi) is 4.14. The number of carbonyl (C=O) groups excluding carboxylic acids is 1. The molecule has 1 aromatic heterocycles. The van der Waals surface area contributed by atoms with E-state index in [1.807, 2.05) is 0 Å². The fourth-order valence-corrected chi connectivity index (χ4v) is 3.16. The molecule has 1 aromatic carbocycles. The van der Waals surface area contributed by atoms with Crippen molar-refractivity contribution >= 4 is 34.3 Å². The van der Waals surface area contributed by atoms with Crippen LogP contribution in [-0.2, 0) is 10.0 Å². The monoisotopic (exact) mass is 352 g/mol. The van der Waals surface area contributed by atoms with Crippen LogP contribution in [0.4, 0.5) is 5.82 Å². The van der Waals surface area contributed by atoms with Crippen LogP contribution in [-0.4, -0.2) is 31.7 Å². The van der Waals surface area contributed by atoms with Crippen molar-refractivity contribution in [2.75, 3.05) is 17.3 Å². The number of nitrogens with one attached hydrogen (secondary N) is 1. The van der Waals surface area contributed by atoms with Crippen LogP contribution in [0, 0.1) is 0 Å². The first kappa shape index (κ1) is 15.6. The Morgan fingerprint density at radius 3 is 2.70 bits per heavy atom. The van der Waals surface area contributed by atoms with Crippen LogP contribution in [0.15, 0.2) is 41.4 Å². The number of benzene rings is 1. The molecule has 0 unspecified atom stereocenters. The zero-order chi connectivity index (χ0) is 16.4. The quantitative estimate of drug-likeness (QED) is 0.629. The number of rotatable bonds is 5. The van der Waals surface area contributed by atoms with Crippen LogP contribution in [0.1, 0.15) is 10.4 Å². The highest BCUT2D eigenvalue weighted by Crippen LogP contribution is 2.34. The minimum absolute atomic E-state index is 0.0269. The lowest BCUT2D eigenvalue weighted by molar-refractivity contribution is 0.102. The summed E-state index contributed by atoms with van der Waals surface area (Å²) in [4.78, 5) is 15.4. The first-order chi connectivity index (χ1) is 11.0. The lowest BCUT2D eigenvalue weighted by Gasteiger charge is -2.08. The van der Waals surface area contributed by atoms with Crippen LogP contribution in [0.3, 0.4) is 0 Å². The van der Waals surface area contributed by atoms with E-state index in [4.69, 9.17) is 9.47 Å². The summed E-state index contributed by atoms with van der Waals surface area (Å²) >= 11 is 3.89. The highest BCUT2D eigenvalue weighted by atomic mass is 32.2. The third-order valence-electron chi connectivity index (χ3n) is 3.12. The molecule has 3 rings (SSSR count). The van der Waals surface area contributed by atoms with E-state index in [2.05, 4.69) is 22.3 Å². The molecule has 0 aliphatic carbocycles. The molecule has 2 heterocycles. The highest BCUT2D eigenvalue weighted by Gasteiger charge is 2.20. The topological polar surface area (TPSA) is 94.6 Å². The van der Waals surface area contributed by atoms with Crippen molar-refractivity contribution in [2.45, 2.75) is 4.90 Å². The Morgan fingerprint density at radius 2 is 2.00 bits per heavy atom. The molecule has 0 spiro atoms. The van der Waals surface area contributed by atoms with Crippen LogP contribution < -0.4 is 14.2 Å². The molecule has 0 amide bonds. The number of hydrogen-bond donors (Lipinski definition) is 2. The molecular weight excluding hydrogens is 340 g/mol. The molecule has 1 N–H and O–H groups in total. The van der Waals surface area contributed by atoms with Gasteiger partial charge in [-0.25, -0.2) is 13.4 Å². The number of aromatic nitrogens is 1. The summed E-state index contributed by atoms with van der Waals surface area (Å²) < 4.78 is 37.4. The summed E-state index contributed by atoms with van der Waals surface area (Å²) in [7, 11) is -3.82. The van der Waals surface area contributed by atoms with Crippen LogP contribution >= 0.6 is 12.6 Å². The van der Waals surface area contributed by atoms with E-state index < -0.39 is 10.0 Å². The number of carbonyl (C=O) groups is 1. The van der Waals surface area contributed by atoms with Gasteiger partial charge in [-0.15, -0.1) is 0 Å². The number of thiol groups is 1. The zero-order valence-corrected chi connectivity index (χ0v) is 13.4. The van der Waals surface area contributed by atoms with Gasteiger partial charge in [0.25, 0.3) is 10.0 Å². The highest BCUT2D eigenvalue weighted by molar-refractivity contribution is 7.92. The van der Waals surface area contributed by atoms with E-state index in [9.17, 15) is 13.2 Å². The lowest BCUT2D eigenvalue weighted by atomic mass is 10.2. The third-order valence-corrected chi connectivity index (χ3v) is 4.76. The normalized spacial score (nSPS) is 12.9. The van der Waals surface area contributed by atoms with Gasteiger partial charge >= 0.3 is 0 Å². The standard InChI is InChI=1S/C14H12N2O5S2/c17-11(7-22)9-1-4-14(15-6-9)16-23(18,19)10-2-3-12-13(5-10)21-8-20-12/h1-6,22H,7-8H2,(H,15,16). The van der Waals surface area contributed by atoms with Crippen molar-refractivity contribution in [1.29, 1.82) is 0 Å². The summed E-state index contributed by atoms with van der Waals surface area (Å²) in [5.74, 6) is 0.848. The molecule has 1 aliphatic heterocycles. The Balaban J connectivity index is 1.82. The van der Waals surface area contributed by atoms with Gasteiger partial charge in [-0.3, -0.25) is 9.52 Å². The van der Waals surface area contributed by atoms with Crippen LogP contribution in [0.5, 0.6) is 11.5 Å². The maximum Gasteiger partial charge on any atom is 0.263 e. The average Bonchev–Trinajstić information content (AvgIpc) is 3.02. The van der Waals surface area contributed by atoms with Crippen LogP contribution in [0.2, 0.25) is 0 Å². The summed E-state index contributed by atoms with van der Waals surface area (Å²) in [5, 5.41) is 0. The molecule has 9 heteroatoms. The molecule has 0 radical (unpaired) electrons. The zero-order valence-electron chi connectivity index (χ0n) is 11.7. The number of anilines is 1. The summed E-state index contributed by atoms with van der Waals surface area (Å²) in [6.07, 6.45) is 1.30. The summed E-state index contributed by atoms with van der Waals surface area (Å²) in [5.41, 5.74) is 0.367. The van der Waals surface area contributed by atoms with Crippen molar-refractivity contribution in [2.24, 2.45) is 0 Å². The number of sulfonamides is 1. The number of Topliss-reactive ketones (excluding diaryl/α,β-unsaturated/α-hetero) is 1. The van der Waals surface area contributed by atoms with E-state index >= 15 is 0 Å². The molecule has 120 valence electrons. The number of ketones is 1. The van der Waals surface area contributed by atoms with Gasteiger partial charge < -0.3 is 9.47 Å². The molecule has 23 heavy (non-hydrogen) atoms. The van der Waals surface area contributed by atoms with Crippen molar-refractivity contribution in [3.8, 4) is 11.5 Å². The molecule has 0 saturated heterocycles. The minimum Gasteiger partial charge on any atom is -0.454 e. The number of pyridine rings is 1. The van der Waals surface area contributed by atoms with E-state index in [0.717, 1.165) is 0 Å². The largest absolute Gasteiger partial charge is 0.454 e. The maximum atomic E-state index is 12.3. The molecular formula is C14H12N2O5S2. The molecule has 7 nitrogen and oxygen atoms in total. The minimum atomic E-state index is -3.82. The van der Waals surface area contributed by atoms with Gasteiger partial charge in [0.1, 0.15) is 5.82 Å². The van der Waals surface area contributed by atoms with Crippen LogP contribution in [0.25, 0.3) is 0 Å². The Morgan fingerprint density at radius 1 is 1.22 bits per heavy atom. The predicted molar refractivity (Wildman–Crippen MR) is 85.8 cm³/mol. The Labute approximate surface area is 138 Å². The van der Waals surface area contributed by atoms with Crippen molar-refractivity contribution in [3.05, 3.63) is 42.1 Å². The van der Waals surface area contributed by atoms with Gasteiger partial charge in [0.05, 0.1) is 10.6 Å². The number of hydrogen-bond acceptors (Lipinski definition) is 7. The molecule has 1 aliphatic rings. The number of ether oxygens (including phenoxy) is 2. The fourth-order valence-electron chi connectivity index (χ4n) is 1.95. The summed E-state index contributed by atoms with van der Waals surface area (Å²) in [6, 6.07) is 7.22. The number of nitrogens with zero attached hydrogens (tertiary/aromatic N) is 1. The Bertz CT molecular complexity index is 850. The lowest BCUT2D eigenvalue weighted by Crippen LogP contribution is -2.14. The van der Waals surface area contributed by atoms with E-state index in [1.54, 1.807) is 0 Å². The second-order valence-electron chi connectivity index (χ2n) is 4.63. The number of fused-ring (bicyclic) bond motifs is 1. The van der Waals surface area contributed by atoms with Gasteiger partial charge in [-0.2, -0.15) is 12.6 Å². The van der Waals surface area contributed by atoms with E-state index in [-0.39, 0.29) is 29.0 Å². The van der Waals surface area contributed by atoms with Crippen molar-refractivity contribution in [3.63, 3.8) is 0 Å². The first-order valence-corrected chi connectivity index (χ1v) is 8.64. The molecule has 0 bridgehead atoms. The second-order valence-corrected chi connectivity index (χ2v) is 6.63.